The standard InChI is InChI=1S/C25H27FN4O5S/c1-34-15-8-17-16(6-7-27-22(17)18(26)9-15)23(32)24(33)19-4-2-14(11-35-19)28-10-13-3-5-20-25(29-13)30-21(31)12-36-20/h3,5-9,14,19,23-24,28,32-33H,2,4,10-12H2,1H3,(H,29,30,31)/t14-,19+,23-,24+/m1/s1. The van der Waals surface area contributed by atoms with E-state index in [1.165, 1.54) is 31.1 Å². The zero-order chi connectivity index (χ0) is 25.2. The van der Waals surface area contributed by atoms with Gasteiger partial charge in [-0.15, -0.1) is 11.8 Å². The Kier molecular flexibility index (Phi) is 7.35. The third kappa shape index (κ3) is 5.16. The van der Waals surface area contributed by atoms with Crippen molar-refractivity contribution >= 4 is 34.4 Å². The summed E-state index contributed by atoms with van der Waals surface area (Å²) < 4.78 is 25.5. The molecule has 190 valence electrons. The summed E-state index contributed by atoms with van der Waals surface area (Å²) in [7, 11) is 1.43. The molecule has 1 saturated heterocycles. The van der Waals surface area contributed by atoms with E-state index in [4.69, 9.17) is 9.47 Å². The monoisotopic (exact) mass is 514 g/mol. The molecule has 1 amide bonds. The summed E-state index contributed by atoms with van der Waals surface area (Å²) in [5.41, 5.74) is 1.27. The van der Waals surface area contributed by atoms with Crippen molar-refractivity contribution in [3.63, 3.8) is 0 Å². The van der Waals surface area contributed by atoms with Crippen LogP contribution in [0, 0.1) is 5.82 Å². The van der Waals surface area contributed by atoms with Crippen LogP contribution in [0.1, 0.15) is 30.2 Å². The van der Waals surface area contributed by atoms with E-state index in [0.717, 1.165) is 17.0 Å². The van der Waals surface area contributed by atoms with Crippen LogP contribution < -0.4 is 15.4 Å². The summed E-state index contributed by atoms with van der Waals surface area (Å²) in [5.74, 6) is 0.671. The number of rotatable bonds is 7. The number of carbonyl (C=O) groups excluding carboxylic acids is 1. The van der Waals surface area contributed by atoms with E-state index in [1.54, 1.807) is 12.1 Å². The summed E-state index contributed by atoms with van der Waals surface area (Å²) >= 11 is 1.47. The number of aliphatic hydroxyl groups excluding tert-OH is 2. The van der Waals surface area contributed by atoms with Crippen LogP contribution in [-0.2, 0) is 16.1 Å². The number of aromatic nitrogens is 2. The Labute approximate surface area is 211 Å². The van der Waals surface area contributed by atoms with Crippen molar-refractivity contribution in [2.24, 2.45) is 0 Å². The van der Waals surface area contributed by atoms with Gasteiger partial charge in [0.15, 0.2) is 5.82 Å². The van der Waals surface area contributed by atoms with Crippen molar-refractivity contribution in [2.75, 3.05) is 24.8 Å². The van der Waals surface area contributed by atoms with Gasteiger partial charge in [-0.05, 0) is 42.7 Å². The van der Waals surface area contributed by atoms with Crippen LogP contribution in [-0.4, -0.2) is 63.8 Å². The van der Waals surface area contributed by atoms with Crippen molar-refractivity contribution in [3.05, 3.63) is 53.6 Å². The lowest BCUT2D eigenvalue weighted by Crippen LogP contribution is -2.45. The van der Waals surface area contributed by atoms with E-state index in [9.17, 15) is 19.4 Å². The molecule has 2 aromatic heterocycles. The number of thioether (sulfide) groups is 1. The summed E-state index contributed by atoms with van der Waals surface area (Å²) in [4.78, 5) is 21.1. The Morgan fingerprint density at radius 3 is 2.94 bits per heavy atom. The number of hydrogen-bond donors (Lipinski definition) is 4. The number of nitrogens with one attached hydrogen (secondary N) is 2. The number of fused-ring (bicyclic) bond motifs is 2. The number of aliphatic hydroxyl groups is 2. The van der Waals surface area contributed by atoms with Crippen molar-refractivity contribution in [2.45, 2.75) is 48.6 Å². The average Bonchev–Trinajstić information content (AvgIpc) is 2.90. The van der Waals surface area contributed by atoms with Crippen LogP contribution >= 0.6 is 11.8 Å². The fourth-order valence-corrected chi connectivity index (χ4v) is 5.28. The molecular formula is C25H27FN4O5S. The molecule has 4 N–H and O–H groups in total. The molecule has 0 spiro atoms. The van der Waals surface area contributed by atoms with Crippen LogP contribution in [0.15, 0.2) is 41.4 Å². The lowest BCUT2D eigenvalue weighted by atomic mass is 9.93. The minimum atomic E-state index is -1.29. The maximum atomic E-state index is 14.4. The minimum absolute atomic E-state index is 0.0486. The van der Waals surface area contributed by atoms with Gasteiger partial charge in [0.2, 0.25) is 5.91 Å². The molecule has 2 aliphatic heterocycles. The smallest absolute Gasteiger partial charge is 0.235 e. The van der Waals surface area contributed by atoms with Gasteiger partial charge in [-0.3, -0.25) is 9.78 Å². The van der Waals surface area contributed by atoms with Crippen LogP contribution in [0.4, 0.5) is 10.2 Å². The summed E-state index contributed by atoms with van der Waals surface area (Å²) in [5, 5.41) is 28.4. The fourth-order valence-electron chi connectivity index (χ4n) is 4.52. The quantitative estimate of drug-likeness (QED) is 0.376. The molecule has 1 aromatic carbocycles. The van der Waals surface area contributed by atoms with Crippen molar-refractivity contribution in [1.82, 2.24) is 15.3 Å². The highest BCUT2D eigenvalue weighted by Crippen LogP contribution is 2.33. The molecule has 2 aliphatic rings. The Morgan fingerprint density at radius 2 is 2.17 bits per heavy atom. The minimum Gasteiger partial charge on any atom is -0.497 e. The zero-order valence-corrected chi connectivity index (χ0v) is 20.4. The molecule has 0 aliphatic carbocycles. The van der Waals surface area contributed by atoms with Crippen LogP contribution in [0.25, 0.3) is 10.9 Å². The number of hydrogen-bond acceptors (Lipinski definition) is 9. The topological polar surface area (TPSA) is 126 Å². The Morgan fingerprint density at radius 1 is 1.31 bits per heavy atom. The van der Waals surface area contributed by atoms with Gasteiger partial charge < -0.3 is 30.3 Å². The van der Waals surface area contributed by atoms with Crippen molar-refractivity contribution < 1.29 is 28.9 Å². The molecule has 5 rings (SSSR count). The summed E-state index contributed by atoms with van der Waals surface area (Å²) in [6, 6.07) is 8.33. The molecule has 11 heteroatoms. The maximum Gasteiger partial charge on any atom is 0.235 e. The normalized spacial score (nSPS) is 21.5. The molecule has 4 heterocycles. The number of benzene rings is 1. The van der Waals surface area contributed by atoms with Crippen LogP contribution in [0.3, 0.4) is 0 Å². The van der Waals surface area contributed by atoms with Gasteiger partial charge >= 0.3 is 0 Å². The van der Waals surface area contributed by atoms with Gasteiger partial charge in [-0.1, -0.05) is 0 Å². The van der Waals surface area contributed by atoms with Gasteiger partial charge in [-0.2, -0.15) is 0 Å². The third-order valence-corrected chi connectivity index (χ3v) is 7.53. The number of halogens is 1. The highest BCUT2D eigenvalue weighted by atomic mass is 32.2. The predicted molar refractivity (Wildman–Crippen MR) is 132 cm³/mol. The number of pyridine rings is 2. The Balaban J connectivity index is 1.19. The largest absolute Gasteiger partial charge is 0.497 e. The third-order valence-electron chi connectivity index (χ3n) is 6.48. The number of ether oxygens (including phenoxy) is 2. The van der Waals surface area contributed by atoms with Crippen LogP contribution in [0.5, 0.6) is 5.75 Å². The molecule has 0 unspecified atom stereocenters. The first-order valence-corrected chi connectivity index (χ1v) is 12.7. The second kappa shape index (κ2) is 10.7. The molecule has 0 saturated carbocycles. The van der Waals surface area contributed by atoms with E-state index in [0.29, 0.717) is 47.8 Å². The van der Waals surface area contributed by atoms with Crippen molar-refractivity contribution in [3.8, 4) is 5.75 Å². The highest BCUT2D eigenvalue weighted by molar-refractivity contribution is 8.00. The van der Waals surface area contributed by atoms with Gasteiger partial charge in [0, 0.05) is 30.2 Å². The number of methoxy groups -OCH3 is 1. The van der Waals surface area contributed by atoms with E-state index in [-0.39, 0.29) is 17.5 Å². The van der Waals surface area contributed by atoms with Gasteiger partial charge in [0.1, 0.15) is 29.3 Å². The lowest BCUT2D eigenvalue weighted by molar-refractivity contribution is -0.114. The molecular weight excluding hydrogens is 487 g/mol. The van der Waals surface area contributed by atoms with Gasteiger partial charge in [0.05, 0.1) is 36.2 Å². The Bertz CT molecular complexity index is 1270. The van der Waals surface area contributed by atoms with E-state index >= 15 is 0 Å². The number of carbonyl (C=O) groups is 1. The maximum absolute atomic E-state index is 14.4. The number of amides is 1. The van der Waals surface area contributed by atoms with Crippen LogP contribution in [0.2, 0.25) is 0 Å². The van der Waals surface area contributed by atoms with E-state index < -0.39 is 24.1 Å². The molecule has 3 aromatic rings. The SMILES string of the molecule is COc1cc(F)c2nccc([C@@H](O)[C@@H](O)[C@@H]3CC[C@@H](NCc4ccc5c(n4)NC(=O)CS5)CO3)c2c1. The molecule has 36 heavy (non-hydrogen) atoms. The molecule has 9 nitrogen and oxygen atoms in total. The predicted octanol–water partition coefficient (Wildman–Crippen LogP) is 2.55. The molecule has 4 atom stereocenters. The number of nitrogens with zero attached hydrogens (tertiary/aromatic N) is 2. The first-order chi connectivity index (χ1) is 17.4. The average molecular weight is 515 g/mol. The van der Waals surface area contributed by atoms with Gasteiger partial charge in [-0.25, -0.2) is 9.37 Å². The molecule has 1 fully saturated rings. The second-order valence-corrected chi connectivity index (χ2v) is 9.87. The fraction of sp³-hybridized carbons (Fsp3) is 0.400. The molecule has 0 radical (unpaired) electrons. The first kappa shape index (κ1) is 24.8. The zero-order valence-electron chi connectivity index (χ0n) is 19.6. The van der Waals surface area contributed by atoms with E-state index in [2.05, 4.69) is 20.6 Å². The summed E-state index contributed by atoms with van der Waals surface area (Å²) in [6.45, 7) is 0.861. The lowest BCUT2D eigenvalue weighted by Gasteiger charge is -2.34. The number of anilines is 1. The first-order valence-electron chi connectivity index (χ1n) is 11.7. The van der Waals surface area contributed by atoms with Crippen molar-refractivity contribution in [1.29, 1.82) is 0 Å². The highest BCUT2D eigenvalue weighted by Gasteiger charge is 2.33. The molecule has 0 bridgehead atoms. The Hall–Kier alpha value is -2.83. The summed E-state index contributed by atoms with van der Waals surface area (Å²) in [6.07, 6.45) is -0.403. The second-order valence-electron chi connectivity index (χ2n) is 8.85. The van der Waals surface area contributed by atoms with Gasteiger partial charge in [0.25, 0.3) is 0 Å². The van der Waals surface area contributed by atoms with E-state index in [1.807, 2.05) is 12.1 Å².